The molecule has 0 amide bonds. The molecule has 31 heavy (non-hydrogen) atoms. The van der Waals surface area contributed by atoms with Gasteiger partial charge in [-0.05, 0) is 37.1 Å². The van der Waals surface area contributed by atoms with Gasteiger partial charge in [0.05, 0.1) is 38.1 Å². The molecule has 3 heterocycles. The molecule has 0 unspecified atom stereocenters. The topological polar surface area (TPSA) is 38.4 Å². The number of likely N-dealkylation sites (N-methyl/N-ethyl adjacent to an activating group) is 1. The molecule has 4 aromatic rings. The van der Waals surface area contributed by atoms with Crippen molar-refractivity contribution < 1.29 is 4.90 Å². The molecule has 0 bridgehead atoms. The predicted molar refractivity (Wildman–Crippen MR) is 127 cm³/mol. The van der Waals surface area contributed by atoms with E-state index in [4.69, 9.17) is 21.6 Å². The predicted octanol–water partition coefficient (Wildman–Crippen LogP) is 3.77. The summed E-state index contributed by atoms with van der Waals surface area (Å²) in [6.07, 6.45) is 3.87. The first-order valence-corrected chi connectivity index (χ1v) is 11.3. The van der Waals surface area contributed by atoms with E-state index in [9.17, 15) is 0 Å². The van der Waals surface area contributed by atoms with Crippen molar-refractivity contribution in [2.45, 2.75) is 13.8 Å². The zero-order valence-corrected chi connectivity index (χ0v) is 18.7. The Bertz CT molecular complexity index is 1210. The Morgan fingerprint density at radius 2 is 1.81 bits per heavy atom. The lowest BCUT2D eigenvalue weighted by Gasteiger charge is -2.32. The molecular formula is C25H27ClN5+. The molecule has 2 aromatic heterocycles. The van der Waals surface area contributed by atoms with Crippen molar-refractivity contribution in [3.05, 3.63) is 71.6 Å². The number of quaternary nitrogens is 1. The van der Waals surface area contributed by atoms with Gasteiger partial charge < -0.3 is 14.4 Å². The van der Waals surface area contributed by atoms with Gasteiger partial charge in [0.15, 0.2) is 5.65 Å². The largest absolute Gasteiger partial charge is 0.345 e. The number of aromatic nitrogens is 3. The quantitative estimate of drug-likeness (QED) is 0.533. The molecule has 1 aliphatic rings. The standard InChI is InChI=1S/C25H26ClN5/c1-3-29-11-13-30(14-12-29)24-23-21(19-7-5-4-6-8-19)16-31(25(23)28-17-27-24)20-10-9-18(2)22(26)15-20/h4-10,15-17H,3,11-14H2,1-2H3/p+1. The number of rotatable bonds is 4. The van der Waals surface area contributed by atoms with E-state index in [1.807, 2.05) is 19.1 Å². The van der Waals surface area contributed by atoms with E-state index in [0.29, 0.717) is 0 Å². The molecule has 0 saturated carbocycles. The van der Waals surface area contributed by atoms with Gasteiger partial charge in [0.2, 0.25) is 0 Å². The molecule has 6 heteroatoms. The Kier molecular flexibility index (Phi) is 5.38. The number of aryl methyl sites for hydroxylation is 1. The van der Waals surface area contributed by atoms with Crippen LogP contribution in [0.3, 0.4) is 0 Å². The van der Waals surface area contributed by atoms with Crippen molar-refractivity contribution in [3.8, 4) is 16.8 Å². The summed E-state index contributed by atoms with van der Waals surface area (Å²) in [5.74, 6) is 1.02. The third-order valence-corrected chi connectivity index (χ3v) is 6.76. The summed E-state index contributed by atoms with van der Waals surface area (Å²) in [5.41, 5.74) is 5.30. The molecule has 0 spiro atoms. The Hall–Kier alpha value is -2.89. The van der Waals surface area contributed by atoms with Crippen LogP contribution in [-0.2, 0) is 0 Å². The van der Waals surface area contributed by atoms with Gasteiger partial charge in [0.25, 0.3) is 0 Å². The fourth-order valence-corrected chi connectivity index (χ4v) is 4.61. The summed E-state index contributed by atoms with van der Waals surface area (Å²) in [4.78, 5) is 13.6. The molecule has 1 fully saturated rings. The summed E-state index contributed by atoms with van der Waals surface area (Å²) in [6.45, 7) is 9.73. The second-order valence-electron chi connectivity index (χ2n) is 8.20. The first-order valence-electron chi connectivity index (χ1n) is 10.9. The first-order chi connectivity index (χ1) is 15.2. The van der Waals surface area contributed by atoms with Crippen LogP contribution in [0.25, 0.3) is 27.8 Å². The Labute approximate surface area is 187 Å². The molecule has 5 nitrogen and oxygen atoms in total. The van der Waals surface area contributed by atoms with Crippen LogP contribution >= 0.6 is 11.6 Å². The minimum absolute atomic E-state index is 0.758. The molecule has 1 N–H and O–H groups in total. The molecule has 1 aliphatic heterocycles. The lowest BCUT2D eigenvalue weighted by atomic mass is 10.1. The SMILES string of the molecule is CC[NH+]1CCN(c2ncnc3c2c(-c2ccccc2)cn3-c2ccc(C)c(Cl)c2)CC1. The maximum Gasteiger partial charge on any atom is 0.150 e. The maximum absolute atomic E-state index is 6.46. The van der Waals surface area contributed by atoms with Crippen molar-refractivity contribution in [2.75, 3.05) is 37.6 Å². The average Bonchev–Trinajstić information content (AvgIpc) is 3.21. The van der Waals surface area contributed by atoms with Gasteiger partial charge >= 0.3 is 0 Å². The van der Waals surface area contributed by atoms with Crippen LogP contribution in [0.1, 0.15) is 12.5 Å². The smallest absolute Gasteiger partial charge is 0.150 e. The number of benzene rings is 2. The monoisotopic (exact) mass is 432 g/mol. The number of hydrogen-bond acceptors (Lipinski definition) is 3. The molecule has 0 atom stereocenters. The van der Waals surface area contributed by atoms with Crippen LogP contribution < -0.4 is 9.80 Å². The van der Waals surface area contributed by atoms with Crippen LogP contribution in [0, 0.1) is 6.92 Å². The highest BCUT2D eigenvalue weighted by Gasteiger charge is 2.25. The van der Waals surface area contributed by atoms with E-state index in [1.165, 1.54) is 12.1 Å². The number of hydrogen-bond donors (Lipinski definition) is 1. The van der Waals surface area contributed by atoms with Gasteiger partial charge in [-0.15, -0.1) is 0 Å². The third kappa shape index (κ3) is 3.68. The molecule has 5 rings (SSSR count). The van der Waals surface area contributed by atoms with E-state index < -0.39 is 0 Å². The second-order valence-corrected chi connectivity index (χ2v) is 8.61. The van der Waals surface area contributed by atoms with E-state index in [2.05, 4.69) is 59.0 Å². The van der Waals surface area contributed by atoms with Crippen LogP contribution in [0.4, 0.5) is 5.82 Å². The fourth-order valence-electron chi connectivity index (χ4n) is 4.44. The summed E-state index contributed by atoms with van der Waals surface area (Å²) in [5, 5.41) is 1.86. The molecule has 1 saturated heterocycles. The van der Waals surface area contributed by atoms with E-state index in [0.717, 1.165) is 64.9 Å². The zero-order valence-electron chi connectivity index (χ0n) is 18.0. The van der Waals surface area contributed by atoms with Crippen LogP contribution in [0.15, 0.2) is 61.1 Å². The Balaban J connectivity index is 1.71. The second kappa shape index (κ2) is 8.33. The van der Waals surface area contributed by atoms with E-state index >= 15 is 0 Å². The molecule has 158 valence electrons. The van der Waals surface area contributed by atoms with Gasteiger partial charge in [-0.2, -0.15) is 0 Å². The number of anilines is 1. The highest BCUT2D eigenvalue weighted by atomic mass is 35.5. The summed E-state index contributed by atoms with van der Waals surface area (Å²) in [6, 6.07) is 16.7. The van der Waals surface area contributed by atoms with Gasteiger partial charge in [-0.3, -0.25) is 0 Å². The number of fused-ring (bicyclic) bond motifs is 1. The van der Waals surface area contributed by atoms with Crippen LogP contribution in [0.2, 0.25) is 5.02 Å². The minimum Gasteiger partial charge on any atom is -0.345 e. The maximum atomic E-state index is 6.46. The fraction of sp³-hybridized carbons (Fsp3) is 0.280. The first kappa shape index (κ1) is 20.0. The van der Waals surface area contributed by atoms with Gasteiger partial charge in [0.1, 0.15) is 12.1 Å². The zero-order chi connectivity index (χ0) is 21.4. The molecule has 2 aromatic carbocycles. The van der Waals surface area contributed by atoms with E-state index in [1.54, 1.807) is 11.2 Å². The summed E-state index contributed by atoms with van der Waals surface area (Å²) in [7, 11) is 0. The van der Waals surface area contributed by atoms with Gasteiger partial charge in [-0.25, -0.2) is 9.97 Å². The third-order valence-electron chi connectivity index (χ3n) is 6.35. The van der Waals surface area contributed by atoms with Crippen molar-refractivity contribution >= 4 is 28.5 Å². The highest BCUT2D eigenvalue weighted by molar-refractivity contribution is 6.31. The number of halogens is 1. The molecular weight excluding hydrogens is 406 g/mol. The number of nitrogens with one attached hydrogen (secondary N) is 1. The molecule has 0 aliphatic carbocycles. The number of piperazine rings is 1. The van der Waals surface area contributed by atoms with Crippen molar-refractivity contribution in [3.63, 3.8) is 0 Å². The van der Waals surface area contributed by atoms with E-state index in [-0.39, 0.29) is 0 Å². The lowest BCUT2D eigenvalue weighted by molar-refractivity contribution is -0.898. The summed E-state index contributed by atoms with van der Waals surface area (Å²) < 4.78 is 2.14. The molecule has 0 radical (unpaired) electrons. The highest BCUT2D eigenvalue weighted by Crippen LogP contribution is 2.37. The Morgan fingerprint density at radius 1 is 1.03 bits per heavy atom. The lowest BCUT2D eigenvalue weighted by Crippen LogP contribution is -3.14. The van der Waals surface area contributed by atoms with Crippen LogP contribution in [-0.4, -0.2) is 47.3 Å². The van der Waals surface area contributed by atoms with Crippen molar-refractivity contribution in [1.82, 2.24) is 14.5 Å². The summed E-state index contributed by atoms with van der Waals surface area (Å²) >= 11 is 6.46. The van der Waals surface area contributed by atoms with Gasteiger partial charge in [0, 0.05) is 22.5 Å². The normalized spacial score (nSPS) is 15.0. The minimum atomic E-state index is 0.758. The average molecular weight is 433 g/mol. The van der Waals surface area contributed by atoms with Crippen molar-refractivity contribution in [1.29, 1.82) is 0 Å². The number of nitrogens with zero attached hydrogens (tertiary/aromatic N) is 4. The Morgan fingerprint density at radius 3 is 2.52 bits per heavy atom. The van der Waals surface area contributed by atoms with Crippen LogP contribution in [0.5, 0.6) is 0 Å². The van der Waals surface area contributed by atoms with Crippen molar-refractivity contribution in [2.24, 2.45) is 0 Å². The van der Waals surface area contributed by atoms with Gasteiger partial charge in [-0.1, -0.05) is 48.0 Å².